The van der Waals surface area contributed by atoms with Gasteiger partial charge >= 0.3 is 0 Å². The molecule has 0 aliphatic carbocycles. The molecule has 0 heterocycles. The molecule has 3 heteroatoms. The number of phenolic OH excluding ortho intramolecular Hbond substituents is 1. The Balaban J connectivity index is 2.25. The first kappa shape index (κ1) is 12.5. The fourth-order valence-corrected chi connectivity index (χ4v) is 2.54. The maximum absolute atomic E-state index is 9.22. The highest BCUT2D eigenvalue weighted by Gasteiger charge is 2.03. The molecule has 18 heavy (non-hydrogen) atoms. The minimum atomic E-state index is 0.262. The molecular formula is C15H13NOS. The van der Waals surface area contributed by atoms with Gasteiger partial charge in [-0.25, -0.2) is 0 Å². The molecule has 0 bridgehead atoms. The smallest absolute Gasteiger partial charge is 0.115 e. The molecule has 2 aromatic rings. The van der Waals surface area contributed by atoms with Crippen molar-refractivity contribution in [2.24, 2.45) is 0 Å². The normalized spacial score (nSPS) is 10.0. The molecule has 90 valence electrons. The average Bonchev–Trinajstić information content (AvgIpc) is 2.41. The molecule has 0 aliphatic rings. The summed E-state index contributed by atoms with van der Waals surface area (Å²) in [4.78, 5) is 2.08. The number of rotatable bonds is 3. The first-order chi connectivity index (χ1) is 8.72. The van der Waals surface area contributed by atoms with Gasteiger partial charge in [-0.3, -0.25) is 0 Å². The van der Waals surface area contributed by atoms with Crippen LogP contribution in [0.3, 0.4) is 0 Å². The Labute approximate surface area is 111 Å². The Morgan fingerprint density at radius 3 is 2.39 bits per heavy atom. The Hall–Kier alpha value is -1.92. The fraction of sp³-hybridized carbons (Fsp3) is 0.133. The van der Waals surface area contributed by atoms with Crippen molar-refractivity contribution in [2.75, 3.05) is 0 Å². The molecule has 1 N–H and O–H groups in total. The molecule has 0 radical (unpaired) electrons. The predicted octanol–water partition coefficient (Wildman–Crippen LogP) is 3.98. The first-order valence-electron chi connectivity index (χ1n) is 5.73. The predicted molar refractivity (Wildman–Crippen MR) is 72.8 cm³/mol. The van der Waals surface area contributed by atoms with Crippen LogP contribution in [-0.2, 0) is 6.42 Å². The van der Waals surface area contributed by atoms with Gasteiger partial charge in [-0.2, -0.15) is 5.26 Å². The lowest BCUT2D eigenvalue weighted by atomic mass is 10.1. The lowest BCUT2D eigenvalue weighted by molar-refractivity contribution is 0.475. The van der Waals surface area contributed by atoms with Crippen LogP contribution < -0.4 is 0 Å². The van der Waals surface area contributed by atoms with Crippen LogP contribution >= 0.6 is 11.8 Å². The van der Waals surface area contributed by atoms with E-state index in [0.29, 0.717) is 0 Å². The molecule has 2 nitrogen and oxygen atoms in total. The van der Waals surface area contributed by atoms with Gasteiger partial charge in [0.1, 0.15) is 5.75 Å². The molecule has 0 aliphatic heterocycles. The van der Waals surface area contributed by atoms with E-state index in [-0.39, 0.29) is 5.75 Å². The second kappa shape index (κ2) is 5.61. The molecule has 0 amide bonds. The standard InChI is InChI=1S/C15H13NOS/c1-2-11-3-6-15(9-12(11)10-16)18-14-7-4-13(17)5-8-14/h3-9,17H,2H2,1H3. The minimum Gasteiger partial charge on any atom is -0.508 e. The zero-order valence-corrected chi connectivity index (χ0v) is 10.9. The summed E-state index contributed by atoms with van der Waals surface area (Å²) in [5.74, 6) is 0.262. The van der Waals surface area contributed by atoms with Crippen LogP contribution in [-0.4, -0.2) is 5.11 Å². The third kappa shape index (κ3) is 2.85. The zero-order chi connectivity index (χ0) is 13.0. The third-order valence-corrected chi connectivity index (χ3v) is 3.65. The molecule has 2 rings (SSSR count). The Morgan fingerprint density at radius 1 is 1.11 bits per heavy atom. The van der Waals surface area contributed by atoms with Crippen molar-refractivity contribution in [1.82, 2.24) is 0 Å². The quantitative estimate of drug-likeness (QED) is 0.902. The number of nitriles is 1. The summed E-state index contributed by atoms with van der Waals surface area (Å²) >= 11 is 1.58. The van der Waals surface area contributed by atoms with Crippen LogP contribution in [0.15, 0.2) is 52.3 Å². The molecular weight excluding hydrogens is 242 g/mol. The molecule has 0 spiro atoms. The van der Waals surface area contributed by atoms with E-state index < -0.39 is 0 Å². The Morgan fingerprint density at radius 2 is 1.78 bits per heavy atom. The number of aromatic hydroxyl groups is 1. The van der Waals surface area contributed by atoms with E-state index in [0.717, 1.165) is 27.3 Å². The van der Waals surface area contributed by atoms with Gasteiger partial charge in [0.15, 0.2) is 0 Å². The van der Waals surface area contributed by atoms with E-state index in [2.05, 4.69) is 6.07 Å². The summed E-state index contributed by atoms with van der Waals surface area (Å²) in [6.45, 7) is 2.04. The number of aryl methyl sites for hydroxylation is 1. The molecule has 0 unspecified atom stereocenters. The van der Waals surface area contributed by atoms with Crippen molar-refractivity contribution in [3.8, 4) is 11.8 Å². The monoisotopic (exact) mass is 255 g/mol. The van der Waals surface area contributed by atoms with Crippen molar-refractivity contribution in [3.63, 3.8) is 0 Å². The first-order valence-corrected chi connectivity index (χ1v) is 6.54. The molecule has 2 aromatic carbocycles. The average molecular weight is 255 g/mol. The van der Waals surface area contributed by atoms with Crippen molar-refractivity contribution in [3.05, 3.63) is 53.6 Å². The van der Waals surface area contributed by atoms with Gasteiger partial charge in [0, 0.05) is 9.79 Å². The van der Waals surface area contributed by atoms with Crippen LogP contribution in [0.1, 0.15) is 18.1 Å². The van der Waals surface area contributed by atoms with E-state index in [1.54, 1.807) is 23.9 Å². The van der Waals surface area contributed by atoms with E-state index in [9.17, 15) is 5.11 Å². The van der Waals surface area contributed by atoms with Crippen LogP contribution in [0.25, 0.3) is 0 Å². The fourth-order valence-electron chi connectivity index (χ4n) is 1.68. The van der Waals surface area contributed by atoms with E-state index in [1.165, 1.54) is 0 Å². The molecule has 0 saturated heterocycles. The maximum atomic E-state index is 9.22. The van der Waals surface area contributed by atoms with E-state index >= 15 is 0 Å². The summed E-state index contributed by atoms with van der Waals surface area (Å²) in [5, 5.41) is 18.3. The summed E-state index contributed by atoms with van der Waals surface area (Å²) in [5.41, 5.74) is 1.81. The van der Waals surface area contributed by atoms with Crippen molar-refractivity contribution in [1.29, 1.82) is 5.26 Å². The van der Waals surface area contributed by atoms with Gasteiger partial charge in [-0.15, -0.1) is 0 Å². The number of phenols is 1. The van der Waals surface area contributed by atoms with Gasteiger partial charge in [-0.1, -0.05) is 24.8 Å². The molecule has 0 saturated carbocycles. The van der Waals surface area contributed by atoms with Gasteiger partial charge in [0.2, 0.25) is 0 Å². The van der Waals surface area contributed by atoms with Gasteiger partial charge < -0.3 is 5.11 Å². The number of hydrogen-bond acceptors (Lipinski definition) is 3. The van der Waals surface area contributed by atoms with Crippen LogP contribution in [0.2, 0.25) is 0 Å². The van der Waals surface area contributed by atoms with Crippen LogP contribution in [0.4, 0.5) is 0 Å². The second-order valence-corrected chi connectivity index (χ2v) is 5.03. The number of hydrogen-bond donors (Lipinski definition) is 1. The zero-order valence-electron chi connectivity index (χ0n) is 10.1. The Kier molecular flexibility index (Phi) is 3.91. The molecule has 0 aromatic heterocycles. The molecule has 0 fully saturated rings. The summed E-state index contributed by atoms with van der Waals surface area (Å²) in [6.07, 6.45) is 0.868. The summed E-state index contributed by atoms with van der Waals surface area (Å²) in [7, 11) is 0. The topological polar surface area (TPSA) is 44.0 Å². The van der Waals surface area contributed by atoms with Crippen molar-refractivity contribution < 1.29 is 5.11 Å². The van der Waals surface area contributed by atoms with Crippen LogP contribution in [0.5, 0.6) is 5.75 Å². The highest BCUT2D eigenvalue weighted by atomic mass is 32.2. The third-order valence-electron chi connectivity index (χ3n) is 2.66. The summed E-state index contributed by atoms with van der Waals surface area (Å²) < 4.78 is 0. The lowest BCUT2D eigenvalue weighted by Gasteiger charge is -2.05. The number of benzene rings is 2. The van der Waals surface area contributed by atoms with Crippen molar-refractivity contribution in [2.45, 2.75) is 23.1 Å². The largest absolute Gasteiger partial charge is 0.508 e. The van der Waals surface area contributed by atoms with Gasteiger partial charge in [0.05, 0.1) is 11.6 Å². The van der Waals surface area contributed by atoms with Crippen molar-refractivity contribution >= 4 is 11.8 Å². The van der Waals surface area contributed by atoms with E-state index in [1.807, 2.05) is 37.3 Å². The highest BCUT2D eigenvalue weighted by Crippen LogP contribution is 2.30. The summed E-state index contributed by atoms with van der Waals surface area (Å²) in [6, 6.07) is 15.2. The number of nitrogens with zero attached hydrogens (tertiary/aromatic N) is 1. The highest BCUT2D eigenvalue weighted by molar-refractivity contribution is 7.99. The van der Waals surface area contributed by atoms with Crippen LogP contribution in [0, 0.1) is 11.3 Å². The van der Waals surface area contributed by atoms with Gasteiger partial charge in [-0.05, 0) is 48.4 Å². The van der Waals surface area contributed by atoms with E-state index in [4.69, 9.17) is 5.26 Å². The minimum absolute atomic E-state index is 0.262. The molecule has 0 atom stereocenters. The Bertz CT molecular complexity index is 584. The SMILES string of the molecule is CCc1ccc(Sc2ccc(O)cc2)cc1C#N. The second-order valence-electron chi connectivity index (χ2n) is 3.88. The lowest BCUT2D eigenvalue weighted by Crippen LogP contribution is -1.87. The van der Waals surface area contributed by atoms with Gasteiger partial charge in [0.25, 0.3) is 0 Å². The maximum Gasteiger partial charge on any atom is 0.115 e.